The number of para-hydroxylation sites is 1. The molecule has 0 spiro atoms. The number of benzene rings is 1. The van der Waals surface area contributed by atoms with E-state index in [0.717, 1.165) is 37.8 Å². The zero-order valence-electron chi connectivity index (χ0n) is 15.3. The van der Waals surface area contributed by atoms with Crippen molar-refractivity contribution >= 4 is 17.6 Å². The lowest BCUT2D eigenvalue weighted by molar-refractivity contribution is -0.292. The summed E-state index contributed by atoms with van der Waals surface area (Å²) in [7, 11) is 0. The van der Waals surface area contributed by atoms with Gasteiger partial charge >= 0.3 is 6.09 Å². The van der Waals surface area contributed by atoms with Crippen LogP contribution in [0.15, 0.2) is 30.3 Å². The van der Waals surface area contributed by atoms with Gasteiger partial charge in [0, 0.05) is 17.8 Å². The molecule has 5 heteroatoms. The molecule has 2 saturated heterocycles. The summed E-state index contributed by atoms with van der Waals surface area (Å²) >= 11 is 0. The number of ether oxygens (including phenoxy) is 2. The molecule has 5 fully saturated rings. The second kappa shape index (κ2) is 5.32. The van der Waals surface area contributed by atoms with Crippen LogP contribution in [0.3, 0.4) is 0 Å². The maximum Gasteiger partial charge on any atom is 0.417 e. The van der Waals surface area contributed by atoms with Gasteiger partial charge in [-0.05, 0) is 58.1 Å². The van der Waals surface area contributed by atoms with Crippen molar-refractivity contribution in [3.05, 3.63) is 30.3 Å². The first-order valence-corrected chi connectivity index (χ1v) is 9.76. The van der Waals surface area contributed by atoms with E-state index in [4.69, 9.17) is 9.47 Å². The van der Waals surface area contributed by atoms with Gasteiger partial charge in [-0.2, -0.15) is 0 Å². The summed E-state index contributed by atoms with van der Waals surface area (Å²) in [4.78, 5) is 27.3. The lowest BCUT2D eigenvalue weighted by atomic mass is 9.50. The zero-order chi connectivity index (χ0) is 18.1. The Morgan fingerprint density at radius 1 is 1.19 bits per heavy atom. The number of hydrogen-bond acceptors (Lipinski definition) is 4. The standard InChI is InChI=1S/C21H25NO4/c1-13-10-11-20-18-9-8-15(12-17(18)14(2)23)21(20,25-13)22(19(24)26-20)16-6-4-3-5-7-16/h3-7,13,15,17-18H,8-12H2,1-2H3/t13?,15-,17+,18+,20-,21-/m1/s1. The summed E-state index contributed by atoms with van der Waals surface area (Å²) < 4.78 is 12.8. The van der Waals surface area contributed by atoms with Gasteiger partial charge in [-0.1, -0.05) is 18.2 Å². The van der Waals surface area contributed by atoms with Crippen molar-refractivity contribution in [2.24, 2.45) is 17.8 Å². The number of carbonyl (C=O) groups is 2. The number of rotatable bonds is 2. The van der Waals surface area contributed by atoms with Gasteiger partial charge in [-0.25, -0.2) is 9.69 Å². The Bertz CT molecular complexity index is 765. The Balaban J connectivity index is 1.71. The first-order valence-electron chi connectivity index (χ1n) is 9.76. The molecule has 1 aromatic carbocycles. The van der Waals surface area contributed by atoms with E-state index >= 15 is 0 Å². The molecule has 1 aromatic rings. The van der Waals surface area contributed by atoms with Gasteiger partial charge in [0.2, 0.25) is 0 Å². The van der Waals surface area contributed by atoms with Gasteiger partial charge in [0.15, 0.2) is 11.3 Å². The van der Waals surface area contributed by atoms with E-state index < -0.39 is 11.3 Å². The molecule has 1 amide bonds. The molecule has 1 unspecified atom stereocenters. The summed E-state index contributed by atoms with van der Waals surface area (Å²) in [6.07, 6.45) is 4.06. The Kier molecular flexibility index (Phi) is 3.34. The van der Waals surface area contributed by atoms with Crippen LogP contribution in [-0.4, -0.2) is 29.3 Å². The Labute approximate surface area is 153 Å². The minimum atomic E-state index is -0.780. The van der Waals surface area contributed by atoms with Crippen LogP contribution in [0.2, 0.25) is 0 Å². The number of fused-ring (bicyclic) bond motifs is 2. The fourth-order valence-electron chi connectivity index (χ4n) is 6.32. The molecule has 138 valence electrons. The quantitative estimate of drug-likeness (QED) is 0.807. The highest BCUT2D eigenvalue weighted by Crippen LogP contribution is 2.67. The molecule has 0 N–H and O–H groups in total. The third-order valence-electron chi connectivity index (χ3n) is 7.23. The number of hydrogen-bond donors (Lipinski definition) is 0. The summed E-state index contributed by atoms with van der Waals surface area (Å²) in [6, 6.07) is 9.70. The van der Waals surface area contributed by atoms with Crippen molar-refractivity contribution in [3.63, 3.8) is 0 Å². The second-order valence-electron chi connectivity index (χ2n) is 8.43. The van der Waals surface area contributed by atoms with E-state index in [2.05, 4.69) is 6.92 Å². The van der Waals surface area contributed by atoms with Gasteiger partial charge in [0.1, 0.15) is 5.78 Å². The third kappa shape index (κ3) is 1.80. The SMILES string of the molecule is CC(=O)[C@@H]1C[C@H]2CC[C@@H]1[C@]13CCC(C)O[C@]21N(c1ccccc1)C(=O)O3. The molecule has 3 aliphatic carbocycles. The molecule has 6 rings (SSSR count). The second-order valence-corrected chi connectivity index (χ2v) is 8.43. The molecular weight excluding hydrogens is 330 g/mol. The number of Topliss-reactive ketones (excluding diaryl/α,β-unsaturated/α-hetero) is 1. The van der Waals surface area contributed by atoms with Gasteiger partial charge in [0.05, 0.1) is 11.8 Å². The molecule has 6 atom stereocenters. The Morgan fingerprint density at radius 2 is 1.96 bits per heavy atom. The van der Waals surface area contributed by atoms with Crippen LogP contribution in [0.5, 0.6) is 0 Å². The topological polar surface area (TPSA) is 55.8 Å². The van der Waals surface area contributed by atoms with Gasteiger partial charge < -0.3 is 9.47 Å². The predicted octanol–water partition coefficient (Wildman–Crippen LogP) is 3.91. The first kappa shape index (κ1) is 16.3. The summed E-state index contributed by atoms with van der Waals surface area (Å²) in [6.45, 7) is 3.76. The van der Waals surface area contributed by atoms with Crippen LogP contribution in [-0.2, 0) is 14.3 Å². The average Bonchev–Trinajstić information content (AvgIpc) is 2.93. The van der Waals surface area contributed by atoms with Crippen molar-refractivity contribution < 1.29 is 19.1 Å². The maximum absolute atomic E-state index is 13.1. The number of anilines is 1. The molecule has 26 heavy (non-hydrogen) atoms. The highest BCUT2D eigenvalue weighted by molar-refractivity contribution is 5.93. The number of ketones is 1. The minimum absolute atomic E-state index is 0.0256. The maximum atomic E-state index is 13.1. The van der Waals surface area contributed by atoms with Crippen LogP contribution in [0.25, 0.3) is 0 Å². The Hall–Kier alpha value is -1.88. The van der Waals surface area contributed by atoms with Gasteiger partial charge in [-0.3, -0.25) is 4.79 Å². The predicted molar refractivity (Wildman–Crippen MR) is 95.6 cm³/mol. The third-order valence-corrected chi connectivity index (χ3v) is 7.23. The first-order chi connectivity index (χ1) is 12.5. The smallest absolute Gasteiger partial charge is 0.417 e. The Morgan fingerprint density at radius 3 is 2.69 bits per heavy atom. The van der Waals surface area contributed by atoms with Crippen LogP contribution in [0, 0.1) is 17.8 Å². The van der Waals surface area contributed by atoms with Gasteiger partial charge in [-0.15, -0.1) is 0 Å². The van der Waals surface area contributed by atoms with Crippen molar-refractivity contribution in [2.45, 2.75) is 63.4 Å². The molecule has 2 aliphatic heterocycles. The van der Waals surface area contributed by atoms with Crippen molar-refractivity contribution in [2.75, 3.05) is 4.90 Å². The highest BCUT2D eigenvalue weighted by Gasteiger charge is 2.79. The highest BCUT2D eigenvalue weighted by atomic mass is 16.6. The van der Waals surface area contributed by atoms with Gasteiger partial charge in [0.25, 0.3) is 0 Å². The lowest BCUT2D eigenvalue weighted by Crippen LogP contribution is -2.76. The molecule has 0 radical (unpaired) electrons. The van der Waals surface area contributed by atoms with E-state index in [-0.39, 0.29) is 35.7 Å². The van der Waals surface area contributed by atoms with Crippen molar-refractivity contribution in [3.8, 4) is 0 Å². The summed E-state index contributed by atoms with van der Waals surface area (Å²) in [5.41, 5.74) is -0.664. The number of carbonyl (C=O) groups excluding carboxylic acids is 2. The summed E-state index contributed by atoms with van der Waals surface area (Å²) in [5.74, 6) is 0.365. The van der Waals surface area contributed by atoms with E-state index in [0.29, 0.717) is 0 Å². The minimum Gasteiger partial charge on any atom is -0.437 e. The fraction of sp³-hybridized carbons (Fsp3) is 0.619. The van der Waals surface area contributed by atoms with Crippen molar-refractivity contribution in [1.82, 2.24) is 0 Å². The molecule has 0 aromatic heterocycles. The summed E-state index contributed by atoms with van der Waals surface area (Å²) in [5, 5.41) is 0. The molecule has 3 saturated carbocycles. The molecule has 2 heterocycles. The van der Waals surface area contributed by atoms with Crippen LogP contribution in [0.1, 0.15) is 46.0 Å². The average molecular weight is 355 g/mol. The van der Waals surface area contributed by atoms with Crippen molar-refractivity contribution in [1.29, 1.82) is 0 Å². The lowest BCUT2D eigenvalue weighted by Gasteiger charge is -2.64. The molecular formula is C21H25NO4. The number of nitrogens with zero attached hydrogens (tertiary/aromatic N) is 1. The monoisotopic (exact) mass is 355 g/mol. The molecule has 5 nitrogen and oxygen atoms in total. The largest absolute Gasteiger partial charge is 0.437 e. The van der Waals surface area contributed by atoms with Crippen LogP contribution < -0.4 is 4.90 Å². The zero-order valence-corrected chi connectivity index (χ0v) is 15.3. The molecule has 5 aliphatic rings. The van der Waals surface area contributed by atoms with E-state index in [1.165, 1.54) is 0 Å². The van der Waals surface area contributed by atoms with E-state index in [1.54, 1.807) is 11.8 Å². The number of amides is 1. The fourth-order valence-corrected chi connectivity index (χ4v) is 6.32. The normalized spacial score (nSPS) is 43.6. The molecule has 2 bridgehead atoms. The van der Waals surface area contributed by atoms with E-state index in [1.807, 2.05) is 30.3 Å². The van der Waals surface area contributed by atoms with Crippen LogP contribution in [0.4, 0.5) is 10.5 Å². The van der Waals surface area contributed by atoms with Crippen LogP contribution >= 0.6 is 0 Å². The van der Waals surface area contributed by atoms with E-state index in [9.17, 15) is 9.59 Å².